The van der Waals surface area contributed by atoms with E-state index in [4.69, 9.17) is 0 Å². The molecule has 0 saturated carbocycles. The average molecular weight is 592 g/mol. The number of nitrogens with one attached hydrogen (secondary N) is 1. The zero-order valence-electron chi connectivity index (χ0n) is 25.8. The van der Waals surface area contributed by atoms with Crippen LogP contribution in [-0.4, -0.2) is 50.0 Å². The Hall–Kier alpha value is -3.65. The summed E-state index contributed by atoms with van der Waals surface area (Å²) in [4.78, 5) is 29.3. The molecule has 0 fully saturated rings. The Balaban J connectivity index is 1.90. The number of aryl methyl sites for hydroxylation is 3. The van der Waals surface area contributed by atoms with Crippen LogP contribution in [0.15, 0.2) is 72.8 Å². The predicted molar refractivity (Wildman–Crippen MR) is 171 cm³/mol. The van der Waals surface area contributed by atoms with Crippen LogP contribution in [0.4, 0.5) is 5.69 Å². The van der Waals surface area contributed by atoms with Crippen LogP contribution >= 0.6 is 0 Å². The monoisotopic (exact) mass is 591 g/mol. The second-order valence-electron chi connectivity index (χ2n) is 11.3. The molecular formula is C34H45N3O4S. The molecule has 42 heavy (non-hydrogen) atoms. The number of anilines is 1. The fourth-order valence-corrected chi connectivity index (χ4v) is 5.87. The summed E-state index contributed by atoms with van der Waals surface area (Å²) in [6, 6.07) is 22.6. The van der Waals surface area contributed by atoms with Crippen molar-refractivity contribution in [3.63, 3.8) is 0 Å². The molecule has 0 aliphatic rings. The zero-order valence-corrected chi connectivity index (χ0v) is 26.6. The summed E-state index contributed by atoms with van der Waals surface area (Å²) in [5.74, 6) is -0.382. The molecule has 0 heterocycles. The number of amides is 2. The van der Waals surface area contributed by atoms with Gasteiger partial charge in [0.15, 0.2) is 0 Å². The van der Waals surface area contributed by atoms with Crippen molar-refractivity contribution in [2.75, 3.05) is 17.1 Å². The molecule has 0 spiro atoms. The van der Waals surface area contributed by atoms with E-state index in [0.29, 0.717) is 18.5 Å². The molecule has 3 aromatic rings. The first-order chi connectivity index (χ1) is 19.9. The fourth-order valence-electron chi connectivity index (χ4n) is 4.86. The van der Waals surface area contributed by atoms with Crippen molar-refractivity contribution in [2.45, 2.75) is 78.9 Å². The van der Waals surface area contributed by atoms with E-state index in [1.165, 1.54) is 10.6 Å². The van der Waals surface area contributed by atoms with Crippen molar-refractivity contribution in [1.29, 1.82) is 0 Å². The lowest BCUT2D eigenvalue weighted by molar-refractivity contribution is -0.141. The van der Waals surface area contributed by atoms with Gasteiger partial charge in [0.25, 0.3) is 0 Å². The Bertz CT molecular complexity index is 1440. The van der Waals surface area contributed by atoms with Gasteiger partial charge in [0.2, 0.25) is 21.8 Å². The first-order valence-corrected chi connectivity index (χ1v) is 16.5. The zero-order chi connectivity index (χ0) is 30.9. The molecule has 3 aromatic carbocycles. The molecule has 0 bridgehead atoms. The van der Waals surface area contributed by atoms with Gasteiger partial charge in [0, 0.05) is 32.0 Å². The summed E-state index contributed by atoms with van der Waals surface area (Å²) in [6.45, 7) is 10.2. The van der Waals surface area contributed by atoms with E-state index in [-0.39, 0.29) is 37.4 Å². The standard InChI is InChI=1S/C34H45N3O4S/c1-7-28(5)35-34(39)32(23-29-12-9-8-10-13-29)36(24-30-19-16-25(2)17-20-30)33(38)14-11-21-37(42(6,40)41)31-22-26(3)15-18-27(31)4/h8-10,12-13,15-20,22,28,32H,7,11,14,21,23-24H2,1-6H3,(H,35,39)/t28-,32-/m1/s1. The van der Waals surface area contributed by atoms with Crippen LogP contribution in [0.1, 0.15) is 60.9 Å². The molecule has 0 unspecified atom stereocenters. The third-order valence-electron chi connectivity index (χ3n) is 7.53. The summed E-state index contributed by atoms with van der Waals surface area (Å²) in [6.07, 6.45) is 2.75. The van der Waals surface area contributed by atoms with Crippen molar-refractivity contribution in [3.8, 4) is 0 Å². The van der Waals surface area contributed by atoms with Gasteiger partial charge >= 0.3 is 0 Å². The van der Waals surface area contributed by atoms with Gasteiger partial charge in [-0.3, -0.25) is 13.9 Å². The van der Waals surface area contributed by atoms with Gasteiger partial charge in [-0.25, -0.2) is 8.42 Å². The first kappa shape index (κ1) is 32.9. The molecule has 2 amide bonds. The van der Waals surface area contributed by atoms with Gasteiger partial charge in [-0.15, -0.1) is 0 Å². The van der Waals surface area contributed by atoms with E-state index < -0.39 is 16.1 Å². The molecule has 1 N–H and O–H groups in total. The Morgan fingerprint density at radius 3 is 2.14 bits per heavy atom. The van der Waals surface area contributed by atoms with Crippen LogP contribution in [0.5, 0.6) is 0 Å². The molecule has 7 nitrogen and oxygen atoms in total. The molecular weight excluding hydrogens is 546 g/mol. The van der Waals surface area contributed by atoms with Crippen LogP contribution in [0.25, 0.3) is 0 Å². The van der Waals surface area contributed by atoms with Crippen LogP contribution in [0, 0.1) is 20.8 Å². The SMILES string of the molecule is CC[C@@H](C)NC(=O)[C@@H](Cc1ccccc1)N(Cc1ccc(C)cc1)C(=O)CCCN(c1cc(C)ccc1C)S(C)(=O)=O. The highest BCUT2D eigenvalue weighted by Crippen LogP contribution is 2.25. The van der Waals surface area contributed by atoms with Crippen LogP contribution < -0.4 is 9.62 Å². The van der Waals surface area contributed by atoms with Crippen molar-refractivity contribution >= 4 is 27.5 Å². The highest BCUT2D eigenvalue weighted by molar-refractivity contribution is 7.92. The van der Waals surface area contributed by atoms with E-state index >= 15 is 0 Å². The third-order valence-corrected chi connectivity index (χ3v) is 8.71. The Labute approximate surface area is 252 Å². The smallest absolute Gasteiger partial charge is 0.243 e. The molecule has 3 rings (SSSR count). The molecule has 226 valence electrons. The van der Waals surface area contributed by atoms with Gasteiger partial charge < -0.3 is 10.2 Å². The second kappa shape index (κ2) is 15.0. The number of benzene rings is 3. The van der Waals surface area contributed by atoms with E-state index in [0.717, 1.165) is 34.2 Å². The number of sulfonamides is 1. The molecule has 0 aliphatic carbocycles. The summed E-state index contributed by atoms with van der Waals surface area (Å²) in [5, 5.41) is 3.09. The quantitative estimate of drug-likeness (QED) is 0.260. The van der Waals surface area contributed by atoms with Crippen molar-refractivity contribution in [1.82, 2.24) is 10.2 Å². The maximum Gasteiger partial charge on any atom is 0.243 e. The summed E-state index contributed by atoms with van der Waals surface area (Å²) in [5.41, 5.74) is 5.43. The van der Waals surface area contributed by atoms with Gasteiger partial charge in [0.1, 0.15) is 6.04 Å². The fraction of sp³-hybridized carbons (Fsp3) is 0.412. The Morgan fingerprint density at radius 2 is 1.52 bits per heavy atom. The van der Waals surface area contributed by atoms with E-state index in [2.05, 4.69) is 5.32 Å². The molecule has 8 heteroatoms. The second-order valence-corrected chi connectivity index (χ2v) is 13.2. The Kier molecular flexibility index (Phi) is 11.7. The third kappa shape index (κ3) is 9.44. The lowest BCUT2D eigenvalue weighted by Gasteiger charge is -2.33. The number of hydrogen-bond donors (Lipinski definition) is 1. The highest BCUT2D eigenvalue weighted by Gasteiger charge is 2.31. The molecule has 0 saturated heterocycles. The summed E-state index contributed by atoms with van der Waals surface area (Å²) in [7, 11) is -3.57. The minimum atomic E-state index is -3.57. The van der Waals surface area contributed by atoms with Crippen molar-refractivity contribution < 1.29 is 18.0 Å². The first-order valence-electron chi connectivity index (χ1n) is 14.6. The maximum absolute atomic E-state index is 14.0. The highest BCUT2D eigenvalue weighted by atomic mass is 32.2. The lowest BCUT2D eigenvalue weighted by Crippen LogP contribution is -2.52. The number of hydrogen-bond acceptors (Lipinski definition) is 4. The van der Waals surface area contributed by atoms with Gasteiger partial charge in [-0.1, -0.05) is 79.2 Å². The van der Waals surface area contributed by atoms with E-state index in [1.54, 1.807) is 4.90 Å². The van der Waals surface area contributed by atoms with Gasteiger partial charge in [-0.05, 0) is 68.9 Å². The van der Waals surface area contributed by atoms with Gasteiger partial charge in [0.05, 0.1) is 11.9 Å². The van der Waals surface area contributed by atoms with E-state index in [9.17, 15) is 18.0 Å². The van der Waals surface area contributed by atoms with Crippen molar-refractivity contribution in [3.05, 3.63) is 101 Å². The molecule has 2 atom stereocenters. The van der Waals surface area contributed by atoms with Crippen LogP contribution in [-0.2, 0) is 32.6 Å². The largest absolute Gasteiger partial charge is 0.352 e. The maximum atomic E-state index is 14.0. The minimum absolute atomic E-state index is 0.0343. The lowest BCUT2D eigenvalue weighted by atomic mass is 10.0. The number of carbonyl (C=O) groups excluding carboxylic acids is 2. The number of carbonyl (C=O) groups is 2. The molecule has 0 aliphatic heterocycles. The average Bonchev–Trinajstić information content (AvgIpc) is 2.95. The normalized spacial score (nSPS) is 12.8. The van der Waals surface area contributed by atoms with Crippen LogP contribution in [0.3, 0.4) is 0 Å². The number of nitrogens with zero attached hydrogens (tertiary/aromatic N) is 2. The van der Waals surface area contributed by atoms with E-state index in [1.807, 2.05) is 107 Å². The summed E-state index contributed by atoms with van der Waals surface area (Å²) >= 11 is 0. The molecule has 0 radical (unpaired) electrons. The summed E-state index contributed by atoms with van der Waals surface area (Å²) < 4.78 is 26.9. The predicted octanol–water partition coefficient (Wildman–Crippen LogP) is 5.71. The Morgan fingerprint density at radius 1 is 0.881 bits per heavy atom. The van der Waals surface area contributed by atoms with Crippen molar-refractivity contribution in [2.24, 2.45) is 0 Å². The topological polar surface area (TPSA) is 86.8 Å². The minimum Gasteiger partial charge on any atom is -0.352 e. The molecule has 0 aromatic heterocycles. The van der Waals surface area contributed by atoms with Crippen LogP contribution in [0.2, 0.25) is 0 Å². The van der Waals surface area contributed by atoms with Gasteiger partial charge in [-0.2, -0.15) is 0 Å². The number of rotatable bonds is 14.